The molecule has 0 aromatic heterocycles. The number of aliphatic hydroxyl groups is 1. The summed E-state index contributed by atoms with van der Waals surface area (Å²) in [5.41, 5.74) is 0. The molecule has 2 rings (SSSR count). The highest BCUT2D eigenvalue weighted by Gasteiger charge is 2.33. The molecule has 5 heteroatoms. The van der Waals surface area contributed by atoms with Crippen LogP contribution in [0.5, 0.6) is 0 Å². The van der Waals surface area contributed by atoms with Gasteiger partial charge in [0.05, 0.1) is 6.10 Å². The predicted octanol–water partition coefficient (Wildman–Crippen LogP) is 0.632. The van der Waals surface area contributed by atoms with Crippen molar-refractivity contribution in [1.29, 1.82) is 0 Å². The Balaban J connectivity index is 1.85. The van der Waals surface area contributed by atoms with E-state index in [1.165, 1.54) is 6.42 Å². The largest absolute Gasteiger partial charge is 0.465 e. The summed E-state index contributed by atoms with van der Waals surface area (Å²) in [6, 6.07) is 0.279. The van der Waals surface area contributed by atoms with Crippen molar-refractivity contribution in [2.45, 2.75) is 50.3 Å². The second-order valence-electron chi connectivity index (χ2n) is 4.85. The summed E-state index contributed by atoms with van der Waals surface area (Å²) in [7, 11) is 0. The fourth-order valence-corrected chi connectivity index (χ4v) is 2.90. The minimum atomic E-state index is -0.948. The van der Waals surface area contributed by atoms with Crippen LogP contribution in [0.1, 0.15) is 32.1 Å². The van der Waals surface area contributed by atoms with Crippen LogP contribution in [0.4, 0.5) is 4.79 Å². The van der Waals surface area contributed by atoms with E-state index in [0.717, 1.165) is 38.8 Å². The van der Waals surface area contributed by atoms with E-state index in [2.05, 4.69) is 10.2 Å². The van der Waals surface area contributed by atoms with Gasteiger partial charge in [0.2, 0.25) is 0 Å². The molecule has 0 radical (unpaired) electrons. The zero-order chi connectivity index (χ0) is 11.5. The van der Waals surface area contributed by atoms with Gasteiger partial charge in [0, 0.05) is 25.2 Å². The van der Waals surface area contributed by atoms with Crippen LogP contribution in [0, 0.1) is 0 Å². The Morgan fingerprint density at radius 1 is 1.25 bits per heavy atom. The average molecular weight is 228 g/mol. The van der Waals surface area contributed by atoms with Crippen molar-refractivity contribution in [3.63, 3.8) is 0 Å². The van der Waals surface area contributed by atoms with Gasteiger partial charge in [0.15, 0.2) is 0 Å². The zero-order valence-corrected chi connectivity index (χ0v) is 9.43. The number of amides is 1. The lowest BCUT2D eigenvalue weighted by Gasteiger charge is -2.35. The quantitative estimate of drug-likeness (QED) is 0.648. The molecular formula is C11H20N2O3. The number of nitrogens with one attached hydrogen (secondary N) is 1. The summed E-state index contributed by atoms with van der Waals surface area (Å²) in [5.74, 6) is 0. The van der Waals surface area contributed by atoms with Gasteiger partial charge in [-0.1, -0.05) is 12.8 Å². The number of aliphatic hydroxyl groups excluding tert-OH is 1. The Morgan fingerprint density at radius 3 is 2.69 bits per heavy atom. The van der Waals surface area contributed by atoms with Crippen LogP contribution >= 0.6 is 0 Å². The van der Waals surface area contributed by atoms with E-state index < -0.39 is 6.09 Å². The Bertz CT molecular complexity index is 260. The van der Waals surface area contributed by atoms with Gasteiger partial charge >= 0.3 is 6.09 Å². The lowest BCUT2D eigenvalue weighted by atomic mass is 9.91. The molecule has 1 amide bonds. The summed E-state index contributed by atoms with van der Waals surface area (Å²) >= 11 is 0. The zero-order valence-electron chi connectivity index (χ0n) is 9.43. The van der Waals surface area contributed by atoms with E-state index in [1.54, 1.807) is 0 Å². The maximum atomic E-state index is 10.5. The number of hydrogen-bond donors (Lipinski definition) is 3. The number of carbonyl (C=O) groups is 1. The van der Waals surface area contributed by atoms with E-state index in [-0.39, 0.29) is 18.2 Å². The first-order chi connectivity index (χ1) is 7.66. The molecule has 0 bridgehead atoms. The van der Waals surface area contributed by atoms with Gasteiger partial charge in [-0.2, -0.15) is 0 Å². The van der Waals surface area contributed by atoms with Crippen molar-refractivity contribution < 1.29 is 15.0 Å². The molecule has 3 N–H and O–H groups in total. The standard InChI is InChI=1S/C11H20N2O3/c14-10-4-2-1-3-9(10)13-6-5-8(7-13)12-11(15)16/h8-10,12,14H,1-7H2,(H,15,16)/t8-,9-,10-/m1/s1. The highest BCUT2D eigenvalue weighted by atomic mass is 16.4. The molecule has 1 aliphatic carbocycles. The molecule has 1 heterocycles. The Hall–Kier alpha value is -0.810. The third kappa shape index (κ3) is 2.65. The second-order valence-corrected chi connectivity index (χ2v) is 4.85. The maximum absolute atomic E-state index is 10.5. The van der Waals surface area contributed by atoms with Crippen molar-refractivity contribution in [3.8, 4) is 0 Å². The van der Waals surface area contributed by atoms with E-state index in [0.29, 0.717) is 0 Å². The van der Waals surface area contributed by atoms with E-state index in [9.17, 15) is 9.90 Å². The highest BCUT2D eigenvalue weighted by molar-refractivity contribution is 5.64. The van der Waals surface area contributed by atoms with Crippen molar-refractivity contribution in [3.05, 3.63) is 0 Å². The molecule has 16 heavy (non-hydrogen) atoms. The van der Waals surface area contributed by atoms with Crippen molar-refractivity contribution in [2.75, 3.05) is 13.1 Å². The highest BCUT2D eigenvalue weighted by Crippen LogP contribution is 2.26. The molecule has 1 saturated heterocycles. The van der Waals surface area contributed by atoms with Crippen LogP contribution in [0.3, 0.4) is 0 Å². The van der Waals surface area contributed by atoms with Crippen LogP contribution in [0.2, 0.25) is 0 Å². The Morgan fingerprint density at radius 2 is 2.00 bits per heavy atom. The minimum absolute atomic E-state index is 0.0339. The first-order valence-electron chi connectivity index (χ1n) is 6.08. The molecule has 0 spiro atoms. The van der Waals surface area contributed by atoms with Crippen LogP contribution in [0.15, 0.2) is 0 Å². The van der Waals surface area contributed by atoms with Crippen LogP contribution < -0.4 is 5.32 Å². The monoisotopic (exact) mass is 228 g/mol. The number of nitrogens with zero attached hydrogens (tertiary/aromatic N) is 1. The molecule has 2 aliphatic rings. The van der Waals surface area contributed by atoms with Crippen LogP contribution in [-0.4, -0.2) is 52.5 Å². The van der Waals surface area contributed by atoms with Gasteiger partial charge in [-0.25, -0.2) is 4.79 Å². The van der Waals surface area contributed by atoms with Gasteiger partial charge in [-0.3, -0.25) is 4.90 Å². The van der Waals surface area contributed by atoms with Crippen molar-refractivity contribution in [2.24, 2.45) is 0 Å². The van der Waals surface area contributed by atoms with E-state index in [1.807, 2.05) is 0 Å². The topological polar surface area (TPSA) is 72.8 Å². The van der Waals surface area contributed by atoms with Crippen molar-refractivity contribution >= 4 is 6.09 Å². The van der Waals surface area contributed by atoms with Gasteiger partial charge < -0.3 is 15.5 Å². The lowest BCUT2D eigenvalue weighted by Crippen LogP contribution is -2.46. The molecule has 1 aliphatic heterocycles. The third-order valence-electron chi connectivity index (χ3n) is 3.71. The molecule has 1 saturated carbocycles. The fraction of sp³-hybridized carbons (Fsp3) is 0.909. The molecule has 92 valence electrons. The van der Waals surface area contributed by atoms with Gasteiger partial charge in [-0.05, 0) is 19.3 Å². The molecular weight excluding hydrogens is 208 g/mol. The first-order valence-corrected chi connectivity index (χ1v) is 6.08. The molecule has 5 nitrogen and oxygen atoms in total. The maximum Gasteiger partial charge on any atom is 0.404 e. The SMILES string of the molecule is O=C(O)N[C@@H]1CCN([C@@H]2CCCC[C@H]2O)C1. The fourth-order valence-electron chi connectivity index (χ4n) is 2.90. The second kappa shape index (κ2) is 5.01. The Kier molecular flexibility index (Phi) is 3.66. The predicted molar refractivity (Wildman–Crippen MR) is 59.4 cm³/mol. The van der Waals surface area contributed by atoms with E-state index in [4.69, 9.17) is 5.11 Å². The lowest BCUT2D eigenvalue weighted by molar-refractivity contribution is 0.0302. The smallest absolute Gasteiger partial charge is 0.404 e. The molecule has 0 aromatic rings. The molecule has 2 fully saturated rings. The molecule has 0 unspecified atom stereocenters. The molecule has 0 aromatic carbocycles. The summed E-state index contributed by atoms with van der Waals surface area (Å²) in [6.07, 6.45) is 3.90. The summed E-state index contributed by atoms with van der Waals surface area (Å²) in [5, 5.41) is 21.1. The number of rotatable bonds is 2. The van der Waals surface area contributed by atoms with Gasteiger partial charge in [0.1, 0.15) is 0 Å². The van der Waals surface area contributed by atoms with E-state index >= 15 is 0 Å². The van der Waals surface area contributed by atoms with Crippen LogP contribution in [-0.2, 0) is 0 Å². The number of hydrogen-bond acceptors (Lipinski definition) is 3. The van der Waals surface area contributed by atoms with Gasteiger partial charge in [-0.15, -0.1) is 0 Å². The summed E-state index contributed by atoms with van der Waals surface area (Å²) in [6.45, 7) is 1.64. The van der Waals surface area contributed by atoms with Gasteiger partial charge in [0.25, 0.3) is 0 Å². The first kappa shape index (κ1) is 11.7. The summed E-state index contributed by atoms with van der Waals surface area (Å²) < 4.78 is 0. The van der Waals surface area contributed by atoms with Crippen LogP contribution in [0.25, 0.3) is 0 Å². The normalized spacial score (nSPS) is 36.2. The third-order valence-corrected chi connectivity index (χ3v) is 3.71. The molecule has 3 atom stereocenters. The average Bonchev–Trinajstić information content (AvgIpc) is 2.66. The minimum Gasteiger partial charge on any atom is -0.465 e. The Labute approximate surface area is 95.4 Å². The number of carboxylic acid groups (broad SMARTS) is 1. The number of likely N-dealkylation sites (tertiary alicyclic amines) is 1. The van der Waals surface area contributed by atoms with Crippen molar-refractivity contribution in [1.82, 2.24) is 10.2 Å². The summed E-state index contributed by atoms with van der Waals surface area (Å²) in [4.78, 5) is 12.8.